The van der Waals surface area contributed by atoms with E-state index in [1.807, 2.05) is 0 Å². The number of rotatable bonds is 4. The van der Waals surface area contributed by atoms with Gasteiger partial charge in [-0.3, -0.25) is 0 Å². The molecule has 1 unspecified atom stereocenters. The van der Waals surface area contributed by atoms with E-state index in [0.717, 1.165) is 5.88 Å². The third-order valence-corrected chi connectivity index (χ3v) is 4.68. The summed E-state index contributed by atoms with van der Waals surface area (Å²) < 4.78 is 0. The third-order valence-electron chi connectivity index (χ3n) is 2.59. The first-order valence-corrected chi connectivity index (χ1v) is 9.79. The molecule has 0 saturated carbocycles. The number of benzene rings is 1. The minimum atomic E-state index is -1.02. The molecule has 0 spiro atoms. The Morgan fingerprint density at radius 2 is 1.67 bits per heavy atom. The molecule has 0 aromatic heterocycles. The van der Waals surface area contributed by atoms with Gasteiger partial charge in [0.2, 0.25) is 0 Å². The van der Waals surface area contributed by atoms with Crippen LogP contribution in [0, 0.1) is 6.92 Å². The van der Waals surface area contributed by atoms with Crippen LogP contribution in [0.15, 0.2) is 24.3 Å². The Hall–Kier alpha value is -0.273. The molecule has 0 saturated heterocycles. The summed E-state index contributed by atoms with van der Waals surface area (Å²) in [6.07, 6.45) is 0. The van der Waals surface area contributed by atoms with Crippen molar-refractivity contribution in [1.29, 1.82) is 0 Å². The SMILES string of the molecule is Cc1ccc(C(CCl)C[Si](C)(C)C)cc1. The average Bonchev–Trinajstić information content (AvgIpc) is 2.14. The molecule has 0 radical (unpaired) electrons. The molecule has 1 aromatic rings. The van der Waals surface area contributed by atoms with E-state index < -0.39 is 8.07 Å². The molecule has 2 heteroatoms. The second-order valence-electron chi connectivity index (χ2n) is 5.53. The monoisotopic (exact) mass is 240 g/mol. The van der Waals surface area contributed by atoms with Crippen LogP contribution in [-0.2, 0) is 0 Å². The predicted octanol–water partition coefficient (Wildman–Crippen LogP) is 4.66. The van der Waals surface area contributed by atoms with Crippen LogP contribution in [0.2, 0.25) is 25.7 Å². The van der Waals surface area contributed by atoms with Crippen LogP contribution >= 0.6 is 11.6 Å². The average molecular weight is 241 g/mol. The summed E-state index contributed by atoms with van der Waals surface area (Å²) in [7, 11) is -1.02. The number of aryl methyl sites for hydroxylation is 1. The molecule has 1 atom stereocenters. The Bertz CT molecular complexity index is 297. The Kier molecular flexibility index (Phi) is 4.41. The lowest BCUT2D eigenvalue weighted by Gasteiger charge is -2.23. The molecule has 0 bridgehead atoms. The first-order chi connectivity index (χ1) is 6.92. The van der Waals surface area contributed by atoms with Gasteiger partial charge in [-0.2, -0.15) is 0 Å². The van der Waals surface area contributed by atoms with Gasteiger partial charge >= 0.3 is 0 Å². The molecular formula is C13H21ClSi. The summed E-state index contributed by atoms with van der Waals surface area (Å²) in [5.41, 5.74) is 2.72. The lowest BCUT2D eigenvalue weighted by molar-refractivity contribution is 0.853. The second kappa shape index (κ2) is 5.18. The van der Waals surface area contributed by atoms with E-state index in [2.05, 4.69) is 50.8 Å². The van der Waals surface area contributed by atoms with Gasteiger partial charge in [-0.1, -0.05) is 49.5 Å². The quantitative estimate of drug-likeness (QED) is 0.531. The summed E-state index contributed by atoms with van der Waals surface area (Å²) >= 11 is 6.07. The minimum absolute atomic E-state index is 0.541. The van der Waals surface area contributed by atoms with E-state index >= 15 is 0 Å². The van der Waals surface area contributed by atoms with Crippen LogP contribution in [0.3, 0.4) is 0 Å². The van der Waals surface area contributed by atoms with Gasteiger partial charge in [0.25, 0.3) is 0 Å². The van der Waals surface area contributed by atoms with E-state index in [1.165, 1.54) is 17.2 Å². The van der Waals surface area contributed by atoms with Gasteiger partial charge in [0.05, 0.1) is 0 Å². The van der Waals surface area contributed by atoms with Gasteiger partial charge in [-0.25, -0.2) is 0 Å². The second-order valence-corrected chi connectivity index (χ2v) is 11.4. The van der Waals surface area contributed by atoms with Crippen molar-refractivity contribution in [2.24, 2.45) is 0 Å². The van der Waals surface area contributed by atoms with Crippen LogP contribution in [0.25, 0.3) is 0 Å². The summed E-state index contributed by atoms with van der Waals surface area (Å²) in [4.78, 5) is 0. The molecular weight excluding hydrogens is 220 g/mol. The summed E-state index contributed by atoms with van der Waals surface area (Å²) in [6, 6.07) is 10.1. The molecule has 1 rings (SSSR count). The highest BCUT2D eigenvalue weighted by Gasteiger charge is 2.20. The summed E-state index contributed by atoms with van der Waals surface area (Å²) in [5.74, 6) is 1.28. The van der Waals surface area contributed by atoms with Gasteiger partial charge < -0.3 is 0 Å². The molecule has 0 fully saturated rings. The Morgan fingerprint density at radius 1 is 1.13 bits per heavy atom. The maximum absolute atomic E-state index is 6.07. The third kappa shape index (κ3) is 4.39. The molecule has 0 aliphatic heterocycles. The number of hydrogen-bond donors (Lipinski definition) is 0. The molecule has 0 aliphatic carbocycles. The van der Waals surface area contributed by atoms with E-state index in [0.29, 0.717) is 5.92 Å². The van der Waals surface area contributed by atoms with Crippen LogP contribution in [-0.4, -0.2) is 14.0 Å². The molecule has 84 valence electrons. The smallest absolute Gasteiger partial charge is 0.0449 e. The van der Waals surface area contributed by atoms with Crippen molar-refractivity contribution in [3.8, 4) is 0 Å². The molecule has 0 amide bonds. The fourth-order valence-electron chi connectivity index (χ4n) is 1.84. The molecule has 1 aromatic carbocycles. The maximum atomic E-state index is 6.07. The van der Waals surface area contributed by atoms with Crippen molar-refractivity contribution in [1.82, 2.24) is 0 Å². The van der Waals surface area contributed by atoms with E-state index in [4.69, 9.17) is 11.6 Å². The van der Waals surface area contributed by atoms with Crippen molar-refractivity contribution < 1.29 is 0 Å². The molecule has 15 heavy (non-hydrogen) atoms. The lowest BCUT2D eigenvalue weighted by atomic mass is 10.0. The van der Waals surface area contributed by atoms with Crippen LogP contribution in [0.5, 0.6) is 0 Å². The lowest BCUT2D eigenvalue weighted by Crippen LogP contribution is -2.23. The zero-order chi connectivity index (χ0) is 11.5. The van der Waals surface area contributed by atoms with Crippen molar-refractivity contribution in [2.45, 2.75) is 38.5 Å². The van der Waals surface area contributed by atoms with Crippen LogP contribution < -0.4 is 0 Å². The molecule has 0 aliphatic rings. The van der Waals surface area contributed by atoms with Crippen molar-refractivity contribution >= 4 is 19.7 Å². The summed E-state index contributed by atoms with van der Waals surface area (Å²) in [5, 5.41) is 0. The van der Waals surface area contributed by atoms with E-state index in [-0.39, 0.29) is 0 Å². The highest BCUT2D eigenvalue weighted by molar-refractivity contribution is 6.76. The molecule has 0 N–H and O–H groups in total. The van der Waals surface area contributed by atoms with Gasteiger partial charge in [-0.15, -0.1) is 11.6 Å². The van der Waals surface area contributed by atoms with Gasteiger partial charge in [0.15, 0.2) is 0 Å². The number of halogens is 1. The zero-order valence-corrected chi connectivity index (χ0v) is 11.9. The van der Waals surface area contributed by atoms with Gasteiger partial charge in [0, 0.05) is 14.0 Å². The first kappa shape index (κ1) is 12.8. The number of hydrogen-bond acceptors (Lipinski definition) is 0. The fraction of sp³-hybridized carbons (Fsp3) is 0.538. The van der Waals surface area contributed by atoms with E-state index in [9.17, 15) is 0 Å². The van der Waals surface area contributed by atoms with Crippen molar-refractivity contribution in [3.63, 3.8) is 0 Å². The normalized spacial score (nSPS) is 13.9. The van der Waals surface area contributed by atoms with Crippen LogP contribution in [0.4, 0.5) is 0 Å². The zero-order valence-electron chi connectivity index (χ0n) is 10.2. The van der Waals surface area contributed by atoms with Crippen LogP contribution in [0.1, 0.15) is 17.0 Å². The fourth-order valence-corrected chi connectivity index (χ4v) is 4.17. The Labute approximate surface area is 99.7 Å². The topological polar surface area (TPSA) is 0 Å². The first-order valence-electron chi connectivity index (χ1n) is 5.55. The van der Waals surface area contributed by atoms with Gasteiger partial charge in [-0.05, 0) is 24.4 Å². The van der Waals surface area contributed by atoms with Crippen molar-refractivity contribution in [2.75, 3.05) is 5.88 Å². The highest BCUT2D eigenvalue weighted by atomic mass is 35.5. The minimum Gasteiger partial charge on any atom is -0.126 e. The Balaban J connectivity index is 2.79. The highest BCUT2D eigenvalue weighted by Crippen LogP contribution is 2.27. The van der Waals surface area contributed by atoms with E-state index in [1.54, 1.807) is 0 Å². The van der Waals surface area contributed by atoms with Crippen molar-refractivity contribution in [3.05, 3.63) is 35.4 Å². The standard InChI is InChI=1S/C13H21ClSi/c1-11-5-7-12(8-6-11)13(9-14)10-15(2,3)4/h5-8,13H,9-10H2,1-4H3. The predicted molar refractivity (Wildman–Crippen MR) is 72.8 cm³/mol. The molecule has 0 heterocycles. The molecule has 0 nitrogen and oxygen atoms in total. The maximum Gasteiger partial charge on any atom is 0.0449 e. The Morgan fingerprint density at radius 3 is 2.07 bits per heavy atom. The largest absolute Gasteiger partial charge is 0.126 e. The number of alkyl halides is 1. The van der Waals surface area contributed by atoms with Gasteiger partial charge in [0.1, 0.15) is 0 Å². The summed E-state index contributed by atoms with van der Waals surface area (Å²) in [6.45, 7) is 9.33.